The van der Waals surface area contributed by atoms with Gasteiger partial charge in [-0.3, -0.25) is 0 Å². The summed E-state index contributed by atoms with van der Waals surface area (Å²) in [7, 11) is 0. The van der Waals surface area contributed by atoms with Gasteiger partial charge in [0.05, 0.1) is 0 Å². The molecule has 0 spiro atoms. The average molecular weight is 135 g/mol. The maximum absolute atomic E-state index is 12.4. The van der Waals surface area contributed by atoms with Crippen LogP contribution in [0.25, 0.3) is 0 Å². The molecule has 2 N–H and O–H groups in total. The minimum atomic E-state index is -2.49. The topological polar surface area (TPSA) is 26.0 Å². The molecule has 1 fully saturated rings. The van der Waals surface area contributed by atoms with Crippen molar-refractivity contribution >= 4 is 0 Å². The van der Waals surface area contributed by atoms with Crippen LogP contribution in [-0.2, 0) is 0 Å². The smallest absolute Gasteiger partial charge is 0.249 e. The van der Waals surface area contributed by atoms with Crippen molar-refractivity contribution in [2.45, 2.75) is 31.7 Å². The second-order valence-electron chi connectivity index (χ2n) is 2.91. The van der Waals surface area contributed by atoms with Crippen LogP contribution in [0.3, 0.4) is 0 Å². The van der Waals surface area contributed by atoms with Gasteiger partial charge in [0.15, 0.2) is 0 Å². The molecule has 0 saturated heterocycles. The maximum atomic E-state index is 12.4. The van der Waals surface area contributed by atoms with Gasteiger partial charge in [-0.25, -0.2) is 8.78 Å². The highest BCUT2D eigenvalue weighted by atomic mass is 19.3. The van der Waals surface area contributed by atoms with E-state index in [0.29, 0.717) is 0 Å². The van der Waals surface area contributed by atoms with Crippen LogP contribution in [0.15, 0.2) is 0 Å². The van der Waals surface area contributed by atoms with E-state index in [1.165, 1.54) is 0 Å². The van der Waals surface area contributed by atoms with Crippen LogP contribution in [0.1, 0.15) is 19.8 Å². The molecule has 1 saturated carbocycles. The molecule has 0 aromatic carbocycles. The van der Waals surface area contributed by atoms with Crippen molar-refractivity contribution in [1.82, 2.24) is 0 Å². The molecule has 3 heteroatoms. The van der Waals surface area contributed by atoms with Gasteiger partial charge in [-0.2, -0.15) is 0 Å². The van der Waals surface area contributed by atoms with Crippen molar-refractivity contribution < 1.29 is 8.78 Å². The zero-order valence-electron chi connectivity index (χ0n) is 5.40. The van der Waals surface area contributed by atoms with Crippen LogP contribution in [-0.4, -0.2) is 12.0 Å². The lowest BCUT2D eigenvalue weighted by molar-refractivity contribution is 0.00497. The third kappa shape index (κ3) is 1.39. The van der Waals surface area contributed by atoms with Crippen LogP contribution in [0.2, 0.25) is 0 Å². The zero-order valence-corrected chi connectivity index (χ0v) is 5.40. The van der Waals surface area contributed by atoms with Gasteiger partial charge < -0.3 is 5.73 Å². The van der Waals surface area contributed by atoms with Crippen LogP contribution in [0.5, 0.6) is 0 Å². The first-order valence-electron chi connectivity index (χ1n) is 3.15. The first kappa shape index (κ1) is 6.93. The molecule has 0 radical (unpaired) electrons. The lowest BCUT2D eigenvalue weighted by Crippen LogP contribution is -2.22. The zero-order chi connectivity index (χ0) is 7.07. The molecule has 0 bridgehead atoms. The fourth-order valence-electron chi connectivity index (χ4n) is 1.25. The Morgan fingerprint density at radius 2 is 2.00 bits per heavy atom. The summed E-state index contributed by atoms with van der Waals surface area (Å²) in [5.41, 5.74) is 5.37. The van der Waals surface area contributed by atoms with Gasteiger partial charge >= 0.3 is 0 Å². The maximum Gasteiger partial charge on any atom is 0.249 e. The Bertz CT molecular complexity index is 102. The molecule has 1 aliphatic rings. The summed E-state index contributed by atoms with van der Waals surface area (Å²) in [6.45, 7) is 1.77. The molecule has 2 atom stereocenters. The summed E-state index contributed by atoms with van der Waals surface area (Å²) in [5, 5.41) is 0. The molecular weight excluding hydrogens is 124 g/mol. The number of halogens is 2. The van der Waals surface area contributed by atoms with Crippen molar-refractivity contribution in [2.24, 2.45) is 11.7 Å². The Balaban J connectivity index is 2.54. The largest absolute Gasteiger partial charge is 0.327 e. The normalized spacial score (nSPS) is 41.3. The van der Waals surface area contributed by atoms with E-state index in [1.54, 1.807) is 6.92 Å². The molecule has 54 valence electrons. The first-order chi connectivity index (χ1) is 4.01. The highest BCUT2D eigenvalue weighted by molar-refractivity contribution is 4.88. The molecule has 9 heavy (non-hydrogen) atoms. The highest BCUT2D eigenvalue weighted by Crippen LogP contribution is 2.37. The van der Waals surface area contributed by atoms with Gasteiger partial charge in [0.1, 0.15) is 0 Å². The second kappa shape index (κ2) is 1.90. The predicted octanol–water partition coefficient (Wildman–Crippen LogP) is 1.38. The van der Waals surface area contributed by atoms with Gasteiger partial charge in [0, 0.05) is 18.9 Å². The first-order valence-corrected chi connectivity index (χ1v) is 3.15. The minimum absolute atomic E-state index is 0.0139. The highest BCUT2D eigenvalue weighted by Gasteiger charge is 2.42. The van der Waals surface area contributed by atoms with Crippen molar-refractivity contribution in [3.05, 3.63) is 0 Å². The fraction of sp³-hybridized carbons (Fsp3) is 1.00. The molecule has 0 aliphatic heterocycles. The quantitative estimate of drug-likeness (QED) is 0.533. The van der Waals surface area contributed by atoms with Gasteiger partial charge in [-0.05, 0) is 5.92 Å². The van der Waals surface area contributed by atoms with E-state index < -0.39 is 5.92 Å². The van der Waals surface area contributed by atoms with E-state index in [9.17, 15) is 8.78 Å². The van der Waals surface area contributed by atoms with Crippen LogP contribution in [0.4, 0.5) is 8.78 Å². The predicted molar refractivity (Wildman–Crippen MR) is 31.3 cm³/mol. The Kier molecular flexibility index (Phi) is 1.47. The van der Waals surface area contributed by atoms with E-state index in [-0.39, 0.29) is 24.8 Å². The summed E-state index contributed by atoms with van der Waals surface area (Å²) < 4.78 is 24.7. The lowest BCUT2D eigenvalue weighted by Gasteiger charge is -2.04. The summed E-state index contributed by atoms with van der Waals surface area (Å²) in [6.07, 6.45) is -0.164. The average Bonchev–Trinajstić information content (AvgIpc) is 1.79. The van der Waals surface area contributed by atoms with Gasteiger partial charge in [0.25, 0.3) is 0 Å². The van der Waals surface area contributed by atoms with E-state index in [2.05, 4.69) is 0 Å². The van der Waals surface area contributed by atoms with Crippen LogP contribution < -0.4 is 5.73 Å². The van der Waals surface area contributed by atoms with Crippen molar-refractivity contribution in [3.8, 4) is 0 Å². The molecule has 1 nitrogen and oxygen atoms in total. The summed E-state index contributed by atoms with van der Waals surface area (Å²) in [4.78, 5) is 0. The summed E-state index contributed by atoms with van der Waals surface area (Å²) in [5.74, 6) is -2.50. The molecule has 0 heterocycles. The van der Waals surface area contributed by atoms with E-state index in [4.69, 9.17) is 5.73 Å². The summed E-state index contributed by atoms with van der Waals surface area (Å²) >= 11 is 0. The van der Waals surface area contributed by atoms with Gasteiger partial charge in [-0.15, -0.1) is 0 Å². The third-order valence-corrected chi connectivity index (χ3v) is 1.89. The van der Waals surface area contributed by atoms with Gasteiger partial charge in [-0.1, -0.05) is 6.92 Å². The summed E-state index contributed by atoms with van der Waals surface area (Å²) in [6, 6.07) is -0.292. The number of hydrogen-bond acceptors (Lipinski definition) is 1. The minimum Gasteiger partial charge on any atom is -0.327 e. The number of alkyl halides is 2. The molecule has 0 amide bonds. The Hall–Kier alpha value is -0.180. The SMILES string of the molecule is CC1CC(F)(F)CC1N. The molecule has 2 unspecified atom stereocenters. The Labute approximate surface area is 53.2 Å². The van der Waals surface area contributed by atoms with Crippen LogP contribution in [0, 0.1) is 5.92 Å². The standard InChI is InChI=1S/C6H11F2N/c1-4-2-6(7,8)3-5(4)9/h4-5H,2-3,9H2,1H3. The van der Waals surface area contributed by atoms with Crippen molar-refractivity contribution in [2.75, 3.05) is 0 Å². The molecule has 0 aromatic rings. The molecule has 1 rings (SSSR count). The van der Waals surface area contributed by atoms with Crippen molar-refractivity contribution in [1.29, 1.82) is 0 Å². The number of rotatable bonds is 0. The second-order valence-corrected chi connectivity index (χ2v) is 2.91. The van der Waals surface area contributed by atoms with Crippen LogP contribution >= 0.6 is 0 Å². The van der Waals surface area contributed by atoms with E-state index in [0.717, 1.165) is 0 Å². The monoisotopic (exact) mass is 135 g/mol. The molecule has 0 aromatic heterocycles. The Morgan fingerprint density at radius 1 is 1.44 bits per heavy atom. The Morgan fingerprint density at radius 3 is 2.11 bits per heavy atom. The fourth-order valence-corrected chi connectivity index (χ4v) is 1.25. The van der Waals surface area contributed by atoms with Gasteiger partial charge in [0.2, 0.25) is 5.92 Å². The molecular formula is C6H11F2N. The number of nitrogens with two attached hydrogens (primary N) is 1. The van der Waals surface area contributed by atoms with E-state index >= 15 is 0 Å². The van der Waals surface area contributed by atoms with Crippen molar-refractivity contribution in [3.63, 3.8) is 0 Å². The van der Waals surface area contributed by atoms with E-state index in [1.807, 2.05) is 0 Å². The number of hydrogen-bond donors (Lipinski definition) is 1. The lowest BCUT2D eigenvalue weighted by atomic mass is 10.1. The third-order valence-electron chi connectivity index (χ3n) is 1.89. The molecule has 1 aliphatic carbocycles.